The van der Waals surface area contributed by atoms with Crippen molar-refractivity contribution in [1.82, 2.24) is 10.0 Å². The van der Waals surface area contributed by atoms with E-state index >= 15 is 0 Å². The van der Waals surface area contributed by atoms with Crippen LogP contribution in [0.3, 0.4) is 0 Å². The lowest BCUT2D eigenvalue weighted by molar-refractivity contribution is -0.154. The van der Waals surface area contributed by atoms with Crippen molar-refractivity contribution in [3.8, 4) is 5.75 Å². The number of esters is 1. The molecule has 226 valence electrons. The van der Waals surface area contributed by atoms with Crippen LogP contribution >= 0.6 is 55.1 Å². The molecule has 3 fully saturated rings. The molecule has 3 aliphatic rings. The fourth-order valence-corrected chi connectivity index (χ4v) is 8.55. The van der Waals surface area contributed by atoms with Crippen LogP contribution in [0.15, 0.2) is 66.7 Å². The minimum Gasteiger partial charge on any atom is -0.423 e. The number of nitrogens with zero attached hydrogens (tertiary/aromatic N) is 2. The number of fused-ring (bicyclic) bond motifs is 5. The molecule has 0 N–H and O–H groups in total. The molecule has 6 rings (SSSR count). The van der Waals surface area contributed by atoms with Crippen LogP contribution in [0.1, 0.15) is 43.1 Å². The molecular weight excluding hydrogens is 739 g/mol. The Morgan fingerprint density at radius 3 is 1.93 bits per heavy atom. The lowest BCUT2D eigenvalue weighted by Crippen LogP contribution is -2.52. The molecule has 1 saturated heterocycles. The molecule has 3 amide bonds. The number of Topliss-reactive ketones (excluding diaryl/α,β-unsaturated/α-hetero) is 1. The third kappa shape index (κ3) is 5.40. The van der Waals surface area contributed by atoms with Gasteiger partial charge in [-0.1, -0.05) is 72.8 Å². The Morgan fingerprint density at radius 1 is 0.818 bits per heavy atom. The number of rotatable bonds is 7. The molecule has 0 radical (unpaired) electrons. The summed E-state index contributed by atoms with van der Waals surface area (Å²) in [5.74, 6) is -3.96. The number of halogens is 4. The summed E-state index contributed by atoms with van der Waals surface area (Å²) in [4.78, 5) is 67.5. The third-order valence-corrected chi connectivity index (χ3v) is 12.5. The molecule has 2 bridgehead atoms. The molecule has 12 heteroatoms. The van der Waals surface area contributed by atoms with Crippen LogP contribution in [0.25, 0.3) is 0 Å². The number of hydrazine groups is 1. The average molecular weight is 763 g/mol. The molecule has 2 saturated carbocycles. The second-order valence-corrected chi connectivity index (χ2v) is 14.1. The molecule has 0 spiro atoms. The van der Waals surface area contributed by atoms with Crippen LogP contribution in [0.2, 0.25) is 10.0 Å². The predicted molar refractivity (Wildman–Crippen MR) is 170 cm³/mol. The zero-order valence-corrected chi connectivity index (χ0v) is 27.8. The summed E-state index contributed by atoms with van der Waals surface area (Å²) in [6, 6.07) is 16.9. The minimum atomic E-state index is -0.750. The molecule has 0 aromatic heterocycles. The molecule has 1 aliphatic heterocycles. The number of carbonyl (C=O) groups is 5. The van der Waals surface area contributed by atoms with E-state index in [-0.39, 0.29) is 48.4 Å². The van der Waals surface area contributed by atoms with E-state index in [2.05, 4.69) is 31.9 Å². The number of carbonyl (C=O) groups excluding carboxylic acids is 5. The van der Waals surface area contributed by atoms with Gasteiger partial charge in [0.2, 0.25) is 0 Å². The first-order chi connectivity index (χ1) is 21.0. The summed E-state index contributed by atoms with van der Waals surface area (Å²) in [7, 11) is 0. The number of ether oxygens (including phenoxy) is 1. The Balaban J connectivity index is 1.26. The van der Waals surface area contributed by atoms with Gasteiger partial charge in [0.25, 0.3) is 17.7 Å². The van der Waals surface area contributed by atoms with E-state index in [1.165, 1.54) is 42.5 Å². The number of hydrogen-bond acceptors (Lipinski definition) is 6. The second-order valence-electron chi connectivity index (χ2n) is 11.2. The van der Waals surface area contributed by atoms with Crippen molar-refractivity contribution in [1.29, 1.82) is 0 Å². The Morgan fingerprint density at radius 2 is 1.36 bits per heavy atom. The third-order valence-electron chi connectivity index (χ3n) is 8.57. The lowest BCUT2D eigenvalue weighted by atomic mass is 9.81. The van der Waals surface area contributed by atoms with E-state index in [1.807, 2.05) is 6.92 Å². The number of ketones is 1. The second kappa shape index (κ2) is 12.0. The van der Waals surface area contributed by atoms with Crippen molar-refractivity contribution in [3.63, 3.8) is 0 Å². The van der Waals surface area contributed by atoms with E-state index in [0.717, 1.165) is 15.6 Å². The first-order valence-electron chi connectivity index (χ1n) is 13.8. The van der Waals surface area contributed by atoms with Gasteiger partial charge < -0.3 is 4.74 Å². The van der Waals surface area contributed by atoms with Crippen molar-refractivity contribution in [3.05, 3.63) is 99.0 Å². The molecule has 1 heterocycles. The Hall–Kier alpha value is -3.05. The van der Waals surface area contributed by atoms with E-state index < -0.39 is 47.9 Å². The molecule has 6 atom stereocenters. The Kier molecular flexibility index (Phi) is 8.47. The summed E-state index contributed by atoms with van der Waals surface area (Å²) >= 11 is 19.6. The van der Waals surface area contributed by atoms with Crippen molar-refractivity contribution in [2.24, 2.45) is 23.7 Å². The van der Waals surface area contributed by atoms with Crippen LogP contribution in [0.5, 0.6) is 5.75 Å². The predicted octanol–water partition coefficient (Wildman–Crippen LogP) is 6.54. The van der Waals surface area contributed by atoms with E-state index in [0.29, 0.717) is 12.0 Å². The van der Waals surface area contributed by atoms with Crippen molar-refractivity contribution >= 4 is 84.5 Å². The quantitative estimate of drug-likeness (QED) is 0.0892. The highest BCUT2D eigenvalue weighted by molar-refractivity contribution is 9.12. The van der Waals surface area contributed by atoms with Crippen LogP contribution in [0, 0.1) is 30.6 Å². The molecule has 0 unspecified atom stereocenters. The topological polar surface area (TPSA) is 101 Å². The number of benzene rings is 3. The summed E-state index contributed by atoms with van der Waals surface area (Å²) in [6.07, 6.45) is 0.715. The van der Waals surface area contributed by atoms with Gasteiger partial charge >= 0.3 is 5.97 Å². The van der Waals surface area contributed by atoms with Crippen molar-refractivity contribution in [2.45, 2.75) is 23.0 Å². The molecule has 2 aliphatic carbocycles. The molecule has 3 aromatic carbocycles. The molecular formula is C32H24Br2Cl2N2O6. The standard InChI is InChI=1S/C32H24Br2Cl2N2O6/c1-15-2-4-17(5-3-15)32(43)44-19-9-6-16(7-10-19)24(39)14-37(29(40)18-8-11-22(35)23(36)12-18)38-30(41)25-20-13-21(26(25)31(38)42)28(34)27(20)33/h2-12,20-21,25-28H,13-14H2,1H3/t20-,21-,25-,26+,27+,28+/m1/s1. The van der Waals surface area contributed by atoms with Crippen molar-refractivity contribution < 1.29 is 28.7 Å². The highest BCUT2D eigenvalue weighted by Crippen LogP contribution is 2.60. The highest BCUT2D eigenvalue weighted by atomic mass is 79.9. The largest absolute Gasteiger partial charge is 0.423 e. The summed E-state index contributed by atoms with van der Waals surface area (Å²) in [6.45, 7) is 1.32. The maximum atomic E-state index is 13.9. The van der Waals surface area contributed by atoms with Gasteiger partial charge in [-0.25, -0.2) is 9.80 Å². The fraction of sp³-hybridized carbons (Fsp3) is 0.281. The zero-order chi connectivity index (χ0) is 31.4. The first-order valence-corrected chi connectivity index (χ1v) is 16.4. The monoisotopic (exact) mass is 760 g/mol. The van der Waals surface area contributed by atoms with Gasteiger partial charge in [-0.2, -0.15) is 5.01 Å². The number of hydrogen-bond donors (Lipinski definition) is 0. The van der Waals surface area contributed by atoms with Crippen molar-refractivity contribution in [2.75, 3.05) is 6.54 Å². The van der Waals surface area contributed by atoms with Crippen LogP contribution in [-0.4, -0.2) is 55.7 Å². The number of amides is 3. The summed E-state index contributed by atoms with van der Waals surface area (Å²) in [5.41, 5.74) is 1.63. The number of aryl methyl sites for hydroxylation is 1. The normalized spacial score (nSPS) is 25.2. The first kappa shape index (κ1) is 31.0. The van der Waals surface area contributed by atoms with Crippen LogP contribution < -0.4 is 4.74 Å². The average Bonchev–Trinajstić information content (AvgIpc) is 3.62. The number of imide groups is 1. The van der Waals surface area contributed by atoms with E-state index in [4.69, 9.17) is 27.9 Å². The van der Waals surface area contributed by atoms with Crippen LogP contribution in [0.4, 0.5) is 0 Å². The summed E-state index contributed by atoms with van der Waals surface area (Å²) in [5, 5.41) is 2.08. The maximum absolute atomic E-state index is 13.9. The SMILES string of the molecule is Cc1ccc(C(=O)Oc2ccc(C(=O)CN(C(=O)c3ccc(Cl)c(Cl)c3)N3C(=O)[C@@H]4[C@H]5C[C@@H]([C@H](Br)[C@H]5Br)[C@@H]4C3=O)cc2)cc1. The summed E-state index contributed by atoms with van der Waals surface area (Å²) < 4.78 is 5.42. The molecule has 3 aromatic rings. The van der Waals surface area contributed by atoms with E-state index in [1.54, 1.807) is 24.3 Å². The van der Waals surface area contributed by atoms with Gasteiger partial charge in [-0.3, -0.25) is 19.2 Å². The minimum absolute atomic E-state index is 0.00456. The maximum Gasteiger partial charge on any atom is 0.343 e. The van der Waals surface area contributed by atoms with Gasteiger partial charge in [0.15, 0.2) is 5.78 Å². The van der Waals surface area contributed by atoms with Gasteiger partial charge in [0, 0.05) is 20.8 Å². The van der Waals surface area contributed by atoms with Gasteiger partial charge in [0.1, 0.15) is 12.3 Å². The Bertz CT molecular complexity index is 1670. The van der Waals surface area contributed by atoms with Gasteiger partial charge in [-0.15, -0.1) is 0 Å². The van der Waals surface area contributed by atoms with Gasteiger partial charge in [-0.05, 0) is 79.8 Å². The zero-order valence-electron chi connectivity index (χ0n) is 23.1. The fourth-order valence-electron chi connectivity index (χ4n) is 6.37. The van der Waals surface area contributed by atoms with Crippen LogP contribution in [-0.2, 0) is 9.59 Å². The molecule has 8 nitrogen and oxygen atoms in total. The molecule has 44 heavy (non-hydrogen) atoms. The van der Waals surface area contributed by atoms with Gasteiger partial charge in [0.05, 0.1) is 27.4 Å². The van der Waals surface area contributed by atoms with E-state index in [9.17, 15) is 24.0 Å². The lowest BCUT2D eigenvalue weighted by Gasteiger charge is -2.31. The highest BCUT2D eigenvalue weighted by Gasteiger charge is 2.67. The number of alkyl halides is 2. The smallest absolute Gasteiger partial charge is 0.343 e. The Labute approximate surface area is 279 Å².